The summed E-state index contributed by atoms with van der Waals surface area (Å²) in [6.07, 6.45) is 15.5. The van der Waals surface area contributed by atoms with Gasteiger partial charge in [0.1, 0.15) is 6.61 Å². The van der Waals surface area contributed by atoms with Crippen molar-refractivity contribution in [1.29, 1.82) is 0 Å². The fraction of sp³-hybridized carbons (Fsp3) is 0.955. The molecule has 0 aromatic rings. The van der Waals surface area contributed by atoms with E-state index in [-0.39, 0.29) is 38.3 Å². The maximum atomic E-state index is 11.7. The standard InChI is InChI=1S/C22H46NO6P/c1-2-3-4-5-6-7-8-9-10-11-12-13-14-15-22(25)28-20-21(24)16-19-30(26,27)29-18-17-23/h21,24H,2-20,23H2,1H3,(H,26,27)/t21-/m0/s1. The van der Waals surface area contributed by atoms with Gasteiger partial charge in [0.15, 0.2) is 0 Å². The Morgan fingerprint density at radius 2 is 1.43 bits per heavy atom. The highest BCUT2D eigenvalue weighted by Crippen LogP contribution is 2.42. The molecule has 0 aliphatic carbocycles. The maximum Gasteiger partial charge on any atom is 0.328 e. The molecule has 0 aromatic heterocycles. The molecule has 0 aliphatic rings. The first-order valence-electron chi connectivity index (χ1n) is 11.9. The molecule has 0 amide bonds. The Balaban J connectivity index is 3.46. The van der Waals surface area contributed by atoms with Crippen LogP contribution in [-0.2, 0) is 18.6 Å². The van der Waals surface area contributed by atoms with Crippen molar-refractivity contribution in [2.45, 2.75) is 109 Å². The molecule has 4 N–H and O–H groups in total. The normalized spacial score (nSPS) is 14.4. The third-order valence-electron chi connectivity index (χ3n) is 5.08. The summed E-state index contributed by atoms with van der Waals surface area (Å²) < 4.78 is 21.4. The van der Waals surface area contributed by atoms with Gasteiger partial charge in [-0.15, -0.1) is 0 Å². The monoisotopic (exact) mass is 451 g/mol. The number of carbonyl (C=O) groups excluding carboxylic acids is 1. The van der Waals surface area contributed by atoms with Gasteiger partial charge in [-0.3, -0.25) is 9.36 Å². The lowest BCUT2D eigenvalue weighted by atomic mass is 10.0. The van der Waals surface area contributed by atoms with E-state index in [9.17, 15) is 19.4 Å². The van der Waals surface area contributed by atoms with E-state index in [1.165, 1.54) is 64.2 Å². The quantitative estimate of drug-likeness (QED) is 0.121. The predicted octanol–water partition coefficient (Wildman–Crippen LogP) is 4.92. The van der Waals surface area contributed by atoms with Crippen molar-refractivity contribution in [2.75, 3.05) is 25.9 Å². The highest BCUT2D eigenvalue weighted by Gasteiger charge is 2.21. The van der Waals surface area contributed by atoms with Crippen LogP contribution in [-0.4, -0.2) is 48.0 Å². The largest absolute Gasteiger partial charge is 0.463 e. The van der Waals surface area contributed by atoms with Gasteiger partial charge < -0.3 is 25.0 Å². The van der Waals surface area contributed by atoms with Crippen molar-refractivity contribution >= 4 is 13.6 Å². The lowest BCUT2D eigenvalue weighted by molar-refractivity contribution is -0.146. The molecule has 0 rings (SSSR count). The highest BCUT2D eigenvalue weighted by atomic mass is 31.2. The molecule has 0 aromatic carbocycles. The number of ether oxygens (including phenoxy) is 1. The Hall–Kier alpha value is -0.460. The Morgan fingerprint density at radius 1 is 0.933 bits per heavy atom. The first kappa shape index (κ1) is 29.5. The van der Waals surface area contributed by atoms with E-state index < -0.39 is 13.7 Å². The summed E-state index contributed by atoms with van der Waals surface area (Å²) in [5.41, 5.74) is 5.22. The van der Waals surface area contributed by atoms with Crippen molar-refractivity contribution in [2.24, 2.45) is 5.73 Å². The second-order valence-electron chi connectivity index (χ2n) is 8.10. The third-order valence-corrected chi connectivity index (χ3v) is 6.49. The third kappa shape index (κ3) is 20.8. The number of nitrogens with two attached hydrogens (primary N) is 1. The Morgan fingerprint density at radius 3 is 1.93 bits per heavy atom. The number of rotatable bonds is 22. The average Bonchev–Trinajstić information content (AvgIpc) is 2.72. The number of aliphatic hydroxyl groups is 1. The van der Waals surface area contributed by atoms with Gasteiger partial charge in [-0.1, -0.05) is 84.0 Å². The SMILES string of the molecule is CCCCCCCCCCCCCCCC(=O)OC[C@@H](O)CCP(=O)(O)OCCN. The van der Waals surface area contributed by atoms with E-state index in [0.29, 0.717) is 6.42 Å². The van der Waals surface area contributed by atoms with Gasteiger partial charge in [0.05, 0.1) is 18.9 Å². The summed E-state index contributed by atoms with van der Waals surface area (Å²) in [7, 11) is -3.73. The van der Waals surface area contributed by atoms with Crippen LogP contribution in [0.4, 0.5) is 0 Å². The molecule has 0 fully saturated rings. The number of unbranched alkanes of at least 4 members (excludes halogenated alkanes) is 12. The van der Waals surface area contributed by atoms with Crippen molar-refractivity contribution in [3.8, 4) is 0 Å². The van der Waals surface area contributed by atoms with Gasteiger partial charge in [0.25, 0.3) is 0 Å². The number of hydrogen-bond acceptors (Lipinski definition) is 6. The van der Waals surface area contributed by atoms with E-state index in [4.69, 9.17) is 15.0 Å². The maximum absolute atomic E-state index is 11.7. The zero-order valence-electron chi connectivity index (χ0n) is 19.1. The second-order valence-corrected chi connectivity index (χ2v) is 10.1. The fourth-order valence-electron chi connectivity index (χ4n) is 3.20. The molecule has 0 saturated carbocycles. The van der Waals surface area contributed by atoms with Crippen LogP contribution < -0.4 is 5.73 Å². The van der Waals surface area contributed by atoms with Crippen LogP contribution in [0.15, 0.2) is 0 Å². The van der Waals surface area contributed by atoms with Gasteiger partial charge in [0.2, 0.25) is 0 Å². The first-order chi connectivity index (χ1) is 14.4. The Kier molecular flexibility index (Phi) is 20.1. The summed E-state index contributed by atoms with van der Waals surface area (Å²) in [6.45, 7) is 2.24. The molecule has 8 heteroatoms. The average molecular weight is 452 g/mol. The van der Waals surface area contributed by atoms with Crippen LogP contribution in [0.2, 0.25) is 0 Å². The molecule has 30 heavy (non-hydrogen) atoms. The van der Waals surface area contributed by atoms with Crippen LogP contribution in [0.25, 0.3) is 0 Å². The Bertz CT molecular complexity index is 449. The summed E-state index contributed by atoms with van der Waals surface area (Å²) in [6, 6.07) is 0. The van der Waals surface area contributed by atoms with E-state index in [1.807, 2.05) is 0 Å². The van der Waals surface area contributed by atoms with E-state index in [1.54, 1.807) is 0 Å². The van der Waals surface area contributed by atoms with Crippen LogP contribution in [0.1, 0.15) is 103 Å². The Labute approximate surface area is 183 Å². The molecule has 2 atom stereocenters. The number of carbonyl (C=O) groups is 1. The molecule has 0 radical (unpaired) electrons. The van der Waals surface area contributed by atoms with Crippen LogP contribution in [0.5, 0.6) is 0 Å². The van der Waals surface area contributed by atoms with Gasteiger partial charge in [0, 0.05) is 13.0 Å². The van der Waals surface area contributed by atoms with Crippen molar-refractivity contribution < 1.29 is 28.6 Å². The fourth-order valence-corrected chi connectivity index (χ4v) is 4.35. The van der Waals surface area contributed by atoms with Gasteiger partial charge in [-0.25, -0.2) is 0 Å². The number of hydrogen-bond donors (Lipinski definition) is 3. The molecule has 0 aliphatic heterocycles. The van der Waals surface area contributed by atoms with E-state index in [2.05, 4.69) is 6.92 Å². The minimum absolute atomic E-state index is 0.00200. The molecule has 0 bridgehead atoms. The molecule has 0 heterocycles. The minimum Gasteiger partial charge on any atom is -0.463 e. The zero-order chi connectivity index (χ0) is 22.5. The lowest BCUT2D eigenvalue weighted by Crippen LogP contribution is -2.20. The van der Waals surface area contributed by atoms with E-state index in [0.717, 1.165) is 19.3 Å². The van der Waals surface area contributed by atoms with Crippen molar-refractivity contribution in [3.63, 3.8) is 0 Å². The van der Waals surface area contributed by atoms with Crippen molar-refractivity contribution in [1.82, 2.24) is 0 Å². The summed E-state index contributed by atoms with van der Waals surface area (Å²) >= 11 is 0. The molecule has 0 saturated heterocycles. The molecular formula is C22H46NO6P. The molecule has 1 unspecified atom stereocenters. The topological polar surface area (TPSA) is 119 Å². The zero-order valence-corrected chi connectivity index (χ0v) is 20.0. The minimum atomic E-state index is -3.73. The van der Waals surface area contributed by atoms with E-state index >= 15 is 0 Å². The smallest absolute Gasteiger partial charge is 0.328 e. The number of aliphatic hydroxyl groups excluding tert-OH is 1. The van der Waals surface area contributed by atoms with Crippen LogP contribution in [0.3, 0.4) is 0 Å². The molecule has 7 nitrogen and oxygen atoms in total. The van der Waals surface area contributed by atoms with Crippen LogP contribution >= 0.6 is 7.60 Å². The van der Waals surface area contributed by atoms with Gasteiger partial charge >= 0.3 is 13.6 Å². The van der Waals surface area contributed by atoms with Crippen molar-refractivity contribution in [3.05, 3.63) is 0 Å². The number of esters is 1. The lowest BCUT2D eigenvalue weighted by Gasteiger charge is -2.14. The first-order valence-corrected chi connectivity index (χ1v) is 13.7. The molecular weight excluding hydrogens is 405 g/mol. The molecule has 0 spiro atoms. The van der Waals surface area contributed by atoms with Crippen LogP contribution in [0, 0.1) is 0 Å². The highest BCUT2D eigenvalue weighted by molar-refractivity contribution is 7.52. The predicted molar refractivity (Wildman–Crippen MR) is 122 cm³/mol. The summed E-state index contributed by atoms with van der Waals surface area (Å²) in [5, 5.41) is 9.78. The molecule has 180 valence electrons. The second kappa shape index (κ2) is 20.4. The van der Waals surface area contributed by atoms with Gasteiger partial charge in [-0.05, 0) is 12.8 Å². The summed E-state index contributed by atoms with van der Waals surface area (Å²) in [5.74, 6) is -0.330. The van der Waals surface area contributed by atoms with Gasteiger partial charge in [-0.2, -0.15) is 0 Å². The summed E-state index contributed by atoms with van der Waals surface area (Å²) in [4.78, 5) is 21.2.